The zero-order valence-electron chi connectivity index (χ0n) is 12.1. The van der Waals surface area contributed by atoms with Crippen LogP contribution in [0.25, 0.3) is 0 Å². The maximum atomic E-state index is 10.2. The number of nitrogens with zero attached hydrogens (tertiary/aromatic N) is 2. The minimum absolute atomic E-state index is 0.296. The van der Waals surface area contributed by atoms with Crippen molar-refractivity contribution < 1.29 is 19.7 Å². The van der Waals surface area contributed by atoms with E-state index in [1.807, 2.05) is 6.92 Å². The second-order valence-corrected chi connectivity index (χ2v) is 6.52. The van der Waals surface area contributed by atoms with Gasteiger partial charge in [0, 0.05) is 26.7 Å². The van der Waals surface area contributed by atoms with Crippen LogP contribution in [-0.4, -0.2) is 82.9 Å². The van der Waals surface area contributed by atoms with Gasteiger partial charge in [-0.25, -0.2) is 4.42 Å². The average molecular weight is 340 g/mol. The van der Waals surface area contributed by atoms with Crippen molar-refractivity contribution in [3.8, 4) is 0 Å². The highest BCUT2D eigenvalue weighted by Gasteiger charge is 2.48. The van der Waals surface area contributed by atoms with Gasteiger partial charge in [0.15, 0.2) is 5.17 Å². The molecule has 2 heterocycles. The lowest BCUT2D eigenvalue weighted by atomic mass is 9.98. The predicted octanol–water partition coefficient (Wildman–Crippen LogP) is -0.384. The van der Waals surface area contributed by atoms with Gasteiger partial charge in [-0.05, 0) is 18.7 Å². The first-order valence-electron chi connectivity index (χ1n) is 6.96. The molecule has 0 aromatic rings. The summed E-state index contributed by atoms with van der Waals surface area (Å²) in [5.41, 5.74) is -0.296. The Morgan fingerprint density at radius 1 is 1.48 bits per heavy atom. The minimum atomic E-state index is -1.01. The number of thioether (sulfide) groups is 1. The molecule has 122 valence electrons. The van der Waals surface area contributed by atoms with Crippen LogP contribution in [0.2, 0.25) is 0 Å². The Hall–Kier alpha value is -0.0900. The summed E-state index contributed by atoms with van der Waals surface area (Å²) in [5.74, 6) is 0. The van der Waals surface area contributed by atoms with E-state index >= 15 is 0 Å². The molecule has 7 nitrogen and oxygen atoms in total. The number of hydrogen-bond acceptors (Lipinski definition) is 8. The number of aliphatic hydroxyl groups excluding tert-OH is 2. The lowest BCUT2D eigenvalue weighted by Gasteiger charge is -2.39. The third kappa shape index (κ3) is 4.22. The molecule has 0 bridgehead atoms. The highest BCUT2D eigenvalue weighted by atomic mass is 35.5. The van der Waals surface area contributed by atoms with E-state index in [2.05, 4.69) is 10.3 Å². The average Bonchev–Trinajstić information content (AvgIpc) is 2.85. The lowest BCUT2D eigenvalue weighted by molar-refractivity contribution is -0.155. The van der Waals surface area contributed by atoms with Crippen LogP contribution in [0.4, 0.5) is 0 Å². The molecule has 2 aliphatic heterocycles. The minimum Gasteiger partial charge on any atom is -0.388 e. The Morgan fingerprint density at radius 3 is 2.90 bits per heavy atom. The number of hydrogen-bond donors (Lipinski definition) is 3. The molecule has 0 aromatic carbocycles. The van der Waals surface area contributed by atoms with E-state index < -0.39 is 24.4 Å². The summed E-state index contributed by atoms with van der Waals surface area (Å²) in [5, 5.41) is 24.3. The highest BCUT2D eigenvalue weighted by Crippen LogP contribution is 2.36. The molecule has 5 atom stereocenters. The molecule has 21 heavy (non-hydrogen) atoms. The van der Waals surface area contributed by atoms with Gasteiger partial charge in [0.2, 0.25) is 0 Å². The fourth-order valence-electron chi connectivity index (χ4n) is 2.29. The third-order valence-corrected chi connectivity index (χ3v) is 4.81. The number of ether oxygens (including phenoxy) is 2. The van der Waals surface area contributed by atoms with Crippen LogP contribution in [0.1, 0.15) is 6.92 Å². The largest absolute Gasteiger partial charge is 0.388 e. The van der Waals surface area contributed by atoms with Crippen molar-refractivity contribution in [3.05, 3.63) is 0 Å². The third-order valence-electron chi connectivity index (χ3n) is 3.41. The highest BCUT2D eigenvalue weighted by molar-refractivity contribution is 8.14. The van der Waals surface area contributed by atoms with E-state index in [9.17, 15) is 10.2 Å². The molecular formula is C12H22ClN3O4S. The summed E-state index contributed by atoms with van der Waals surface area (Å²) < 4.78 is 12.3. The summed E-state index contributed by atoms with van der Waals surface area (Å²) in [6.07, 6.45) is -2.52. The van der Waals surface area contributed by atoms with Crippen molar-refractivity contribution in [1.82, 2.24) is 9.74 Å². The zero-order chi connectivity index (χ0) is 15.4. The molecule has 9 heteroatoms. The molecule has 0 saturated carbocycles. The van der Waals surface area contributed by atoms with E-state index in [1.165, 1.54) is 16.2 Å². The van der Waals surface area contributed by atoms with E-state index in [-0.39, 0.29) is 5.44 Å². The Morgan fingerprint density at radius 2 is 2.24 bits per heavy atom. The number of methoxy groups -OCH3 is 1. The molecular weight excluding hydrogens is 318 g/mol. The van der Waals surface area contributed by atoms with Gasteiger partial charge in [-0.2, -0.15) is 0 Å². The van der Waals surface area contributed by atoms with E-state index in [1.54, 1.807) is 7.11 Å². The first-order valence-corrected chi connectivity index (χ1v) is 8.18. The van der Waals surface area contributed by atoms with Crippen LogP contribution in [-0.2, 0) is 9.47 Å². The summed E-state index contributed by atoms with van der Waals surface area (Å²) in [6.45, 7) is 4.04. The molecule has 3 N–H and O–H groups in total. The molecule has 0 unspecified atom stereocenters. The van der Waals surface area contributed by atoms with Crippen LogP contribution in [0.3, 0.4) is 0 Å². The van der Waals surface area contributed by atoms with E-state index in [4.69, 9.17) is 21.3 Å². The fourth-order valence-corrected chi connectivity index (χ4v) is 3.69. The normalized spacial score (nSPS) is 35.7. The van der Waals surface area contributed by atoms with Crippen molar-refractivity contribution >= 4 is 28.7 Å². The number of aliphatic hydroxyl groups is 2. The zero-order valence-corrected chi connectivity index (χ0v) is 13.7. The molecule has 0 amide bonds. The molecule has 0 aromatic heterocycles. The number of fused-ring (bicyclic) bond motifs is 1. The van der Waals surface area contributed by atoms with Crippen LogP contribution >= 0.6 is 23.5 Å². The molecule has 0 radical (unpaired) electrons. The van der Waals surface area contributed by atoms with Crippen molar-refractivity contribution in [3.63, 3.8) is 0 Å². The smallest absolute Gasteiger partial charge is 0.159 e. The number of rotatable bonds is 6. The van der Waals surface area contributed by atoms with Crippen LogP contribution in [0, 0.1) is 0 Å². The van der Waals surface area contributed by atoms with Crippen molar-refractivity contribution in [2.75, 3.05) is 33.4 Å². The van der Waals surface area contributed by atoms with Gasteiger partial charge in [0.1, 0.15) is 29.8 Å². The standard InChI is InChI=1S/C12H22ClN3O4S/c1-3-14-12-15-8-10(18)9(17)7(20-11(8)21-12)6-16(13)4-5-19-2/h7-11,17-18H,3-6H2,1-2H3,(H,14,15)/t7-,8-,9-,10-,11-/m1/s1. The van der Waals surface area contributed by atoms with Gasteiger partial charge in [0.25, 0.3) is 0 Å². The van der Waals surface area contributed by atoms with E-state index in [0.29, 0.717) is 19.7 Å². The summed E-state index contributed by atoms with van der Waals surface area (Å²) in [6, 6.07) is -0.446. The number of nitrogens with one attached hydrogen (secondary N) is 1. The SMILES string of the molecule is CCNC1=N[C@@H]2[C@@H](O)[C@H](O)[C@@H](CN(Cl)CCOC)O[C@@H]2S1. The van der Waals surface area contributed by atoms with Crippen molar-refractivity contribution in [2.24, 2.45) is 4.99 Å². The van der Waals surface area contributed by atoms with Gasteiger partial charge in [-0.1, -0.05) is 11.8 Å². The number of amidine groups is 1. The maximum absolute atomic E-state index is 10.2. The van der Waals surface area contributed by atoms with Gasteiger partial charge >= 0.3 is 0 Å². The topological polar surface area (TPSA) is 86.6 Å². The monoisotopic (exact) mass is 339 g/mol. The fraction of sp³-hybridized carbons (Fsp3) is 0.917. The Balaban J connectivity index is 1.93. The number of aliphatic imine (C=N–C) groups is 1. The van der Waals surface area contributed by atoms with Gasteiger partial charge in [-0.15, -0.1) is 0 Å². The summed E-state index contributed by atoms with van der Waals surface area (Å²) in [7, 11) is 1.60. The molecule has 2 rings (SSSR count). The Bertz CT molecular complexity index is 376. The molecule has 1 saturated heterocycles. The van der Waals surface area contributed by atoms with Gasteiger partial charge in [0.05, 0.1) is 6.61 Å². The van der Waals surface area contributed by atoms with Crippen LogP contribution in [0.5, 0.6) is 0 Å². The number of halogens is 1. The van der Waals surface area contributed by atoms with Crippen molar-refractivity contribution in [1.29, 1.82) is 0 Å². The summed E-state index contributed by atoms with van der Waals surface area (Å²) in [4.78, 5) is 4.36. The maximum Gasteiger partial charge on any atom is 0.159 e. The lowest BCUT2D eigenvalue weighted by Crippen LogP contribution is -2.57. The van der Waals surface area contributed by atoms with Crippen LogP contribution in [0.15, 0.2) is 4.99 Å². The second kappa shape index (κ2) is 7.96. The first kappa shape index (κ1) is 17.3. The van der Waals surface area contributed by atoms with Gasteiger partial charge < -0.3 is 25.0 Å². The Kier molecular flexibility index (Phi) is 6.54. The predicted molar refractivity (Wildman–Crippen MR) is 82.5 cm³/mol. The van der Waals surface area contributed by atoms with E-state index in [0.717, 1.165) is 11.7 Å². The first-order chi connectivity index (χ1) is 10.1. The second-order valence-electron chi connectivity index (χ2n) is 4.96. The summed E-state index contributed by atoms with van der Waals surface area (Å²) >= 11 is 7.49. The molecule has 2 aliphatic rings. The van der Waals surface area contributed by atoms with Crippen molar-refractivity contribution in [2.45, 2.75) is 36.7 Å². The molecule has 1 fully saturated rings. The quantitative estimate of drug-likeness (QED) is 0.568. The van der Waals surface area contributed by atoms with Gasteiger partial charge in [-0.3, -0.25) is 4.99 Å². The Labute approximate surface area is 133 Å². The molecule has 0 aliphatic carbocycles. The molecule has 0 spiro atoms. The van der Waals surface area contributed by atoms with Crippen LogP contribution < -0.4 is 5.32 Å².